The predicted octanol–water partition coefficient (Wildman–Crippen LogP) is 2.37. The van der Waals surface area contributed by atoms with Crippen molar-refractivity contribution in [2.24, 2.45) is 10.9 Å². The van der Waals surface area contributed by atoms with Crippen LogP contribution < -0.4 is 26.0 Å². The van der Waals surface area contributed by atoms with E-state index in [1.165, 1.54) is 0 Å². The molecule has 0 spiro atoms. The first-order valence-electron chi connectivity index (χ1n) is 10.6. The molecule has 0 radical (unpaired) electrons. The number of carbonyl (C=O) groups excluding carboxylic acids is 1. The van der Waals surface area contributed by atoms with Gasteiger partial charge >= 0.3 is 0 Å². The summed E-state index contributed by atoms with van der Waals surface area (Å²) in [6.45, 7) is 5.03. The number of ether oxygens (including phenoxy) is 1. The van der Waals surface area contributed by atoms with Gasteiger partial charge in [-0.3, -0.25) is 9.79 Å². The van der Waals surface area contributed by atoms with E-state index in [2.05, 4.69) is 26.3 Å². The zero-order chi connectivity index (χ0) is 20.6. The monoisotopic (exact) mass is 407 g/mol. The van der Waals surface area contributed by atoms with Gasteiger partial charge in [0, 0.05) is 24.3 Å². The quantitative estimate of drug-likeness (QED) is 0.566. The Hall–Kier alpha value is -3.06. The van der Waals surface area contributed by atoms with Crippen LogP contribution in [-0.4, -0.2) is 44.7 Å². The number of hydrogen-bond acceptors (Lipinski definition) is 6. The van der Waals surface area contributed by atoms with Gasteiger partial charge in [-0.05, 0) is 73.8 Å². The molecule has 2 heterocycles. The van der Waals surface area contributed by atoms with Crippen molar-refractivity contribution in [1.29, 1.82) is 0 Å². The van der Waals surface area contributed by atoms with Crippen LogP contribution in [-0.2, 0) is 6.54 Å². The Bertz CT molecular complexity index is 858. The lowest BCUT2D eigenvalue weighted by Gasteiger charge is -2.22. The molecule has 30 heavy (non-hydrogen) atoms. The van der Waals surface area contributed by atoms with E-state index >= 15 is 0 Å². The van der Waals surface area contributed by atoms with Crippen LogP contribution in [0.2, 0.25) is 0 Å². The van der Waals surface area contributed by atoms with E-state index in [4.69, 9.17) is 4.74 Å². The van der Waals surface area contributed by atoms with Crippen molar-refractivity contribution >= 4 is 17.6 Å². The highest BCUT2D eigenvalue weighted by Gasteiger charge is 2.14. The van der Waals surface area contributed by atoms with Crippen LogP contribution in [0.25, 0.3) is 0 Å². The molecule has 0 saturated carbocycles. The molecule has 158 valence electrons. The molecule has 2 aliphatic rings. The van der Waals surface area contributed by atoms with Crippen LogP contribution in [0.3, 0.4) is 0 Å². The number of nitrogens with zero attached hydrogens (tertiary/aromatic N) is 1. The summed E-state index contributed by atoms with van der Waals surface area (Å²) in [5.74, 6) is 2.14. The molecular formula is C23H29N5O2. The van der Waals surface area contributed by atoms with Crippen molar-refractivity contribution < 1.29 is 9.53 Å². The standard InChI is InChI=1S/C23H29N5O2/c29-22(19-3-7-21(8-4-19)30-16-18-9-11-24-12-10-18)27-15-17-1-5-20(6-2-17)28-23-25-13-14-26-23/h1-8,18,24H,9-16H2,(H,27,29)(H2,25,26,28). The minimum Gasteiger partial charge on any atom is -0.493 e. The highest BCUT2D eigenvalue weighted by molar-refractivity contribution is 5.95. The van der Waals surface area contributed by atoms with Crippen LogP contribution in [0.1, 0.15) is 28.8 Å². The molecule has 2 aromatic carbocycles. The normalized spacial score (nSPS) is 16.5. The van der Waals surface area contributed by atoms with E-state index < -0.39 is 0 Å². The maximum Gasteiger partial charge on any atom is 0.251 e. The lowest BCUT2D eigenvalue weighted by atomic mass is 9.99. The Morgan fingerprint density at radius 1 is 1.03 bits per heavy atom. The molecule has 7 heteroatoms. The van der Waals surface area contributed by atoms with E-state index in [1.54, 1.807) is 0 Å². The van der Waals surface area contributed by atoms with Gasteiger partial charge < -0.3 is 26.0 Å². The maximum atomic E-state index is 12.4. The van der Waals surface area contributed by atoms with Crippen molar-refractivity contribution in [3.05, 3.63) is 59.7 Å². The number of guanidine groups is 1. The Morgan fingerprint density at radius 2 is 1.80 bits per heavy atom. The van der Waals surface area contributed by atoms with Gasteiger partial charge in [-0.15, -0.1) is 0 Å². The fourth-order valence-corrected chi connectivity index (χ4v) is 3.57. The number of anilines is 1. The molecule has 2 aliphatic heterocycles. The molecule has 2 aromatic rings. The van der Waals surface area contributed by atoms with Crippen LogP contribution in [0.15, 0.2) is 53.5 Å². The third-order valence-corrected chi connectivity index (χ3v) is 5.40. The van der Waals surface area contributed by atoms with Crippen molar-refractivity contribution in [3.8, 4) is 5.75 Å². The fraction of sp³-hybridized carbons (Fsp3) is 0.391. The first-order valence-corrected chi connectivity index (χ1v) is 10.6. The van der Waals surface area contributed by atoms with Crippen molar-refractivity contribution in [2.45, 2.75) is 19.4 Å². The molecule has 0 aliphatic carbocycles. The molecule has 0 bridgehead atoms. The average Bonchev–Trinajstić information content (AvgIpc) is 3.31. The smallest absolute Gasteiger partial charge is 0.251 e. The minimum atomic E-state index is -0.0911. The first kappa shape index (κ1) is 20.2. The number of aliphatic imine (C=N–C) groups is 1. The third kappa shape index (κ3) is 5.73. The van der Waals surface area contributed by atoms with Crippen molar-refractivity contribution in [1.82, 2.24) is 16.0 Å². The Morgan fingerprint density at radius 3 is 2.50 bits per heavy atom. The van der Waals surface area contributed by atoms with E-state index in [1.807, 2.05) is 48.5 Å². The minimum absolute atomic E-state index is 0.0911. The third-order valence-electron chi connectivity index (χ3n) is 5.40. The molecule has 1 fully saturated rings. The SMILES string of the molecule is O=C(NCc1ccc(NC2=NCCN2)cc1)c1ccc(OCC2CCNCC2)cc1. The van der Waals surface area contributed by atoms with E-state index in [9.17, 15) is 4.79 Å². The van der Waals surface area contributed by atoms with E-state index in [-0.39, 0.29) is 5.91 Å². The predicted molar refractivity (Wildman–Crippen MR) is 119 cm³/mol. The summed E-state index contributed by atoms with van der Waals surface area (Å²) in [7, 11) is 0. The van der Waals surface area contributed by atoms with Crippen molar-refractivity contribution in [2.75, 3.05) is 38.1 Å². The lowest BCUT2D eigenvalue weighted by Crippen LogP contribution is -2.30. The fourth-order valence-electron chi connectivity index (χ4n) is 3.57. The largest absolute Gasteiger partial charge is 0.493 e. The van der Waals surface area contributed by atoms with Gasteiger partial charge in [0.1, 0.15) is 5.75 Å². The second-order valence-corrected chi connectivity index (χ2v) is 7.69. The molecule has 0 aromatic heterocycles. The number of nitrogens with one attached hydrogen (secondary N) is 4. The van der Waals surface area contributed by atoms with Gasteiger partial charge in [-0.2, -0.15) is 0 Å². The highest BCUT2D eigenvalue weighted by atomic mass is 16.5. The Labute approximate surface area is 177 Å². The average molecular weight is 408 g/mol. The lowest BCUT2D eigenvalue weighted by molar-refractivity contribution is 0.0951. The van der Waals surface area contributed by atoms with Crippen LogP contribution in [0.5, 0.6) is 5.75 Å². The van der Waals surface area contributed by atoms with E-state index in [0.717, 1.165) is 68.6 Å². The summed E-state index contributed by atoms with van der Waals surface area (Å²) < 4.78 is 5.89. The van der Waals surface area contributed by atoms with Gasteiger partial charge in [-0.25, -0.2) is 0 Å². The number of amides is 1. The van der Waals surface area contributed by atoms with Gasteiger partial charge in [0.05, 0.1) is 13.2 Å². The maximum absolute atomic E-state index is 12.4. The zero-order valence-corrected chi connectivity index (χ0v) is 17.1. The van der Waals surface area contributed by atoms with Crippen LogP contribution in [0, 0.1) is 5.92 Å². The van der Waals surface area contributed by atoms with Gasteiger partial charge in [-0.1, -0.05) is 12.1 Å². The molecule has 7 nitrogen and oxygen atoms in total. The van der Waals surface area contributed by atoms with E-state index in [0.29, 0.717) is 18.0 Å². The molecule has 0 unspecified atom stereocenters. The Kier molecular flexibility index (Phi) is 6.82. The molecular weight excluding hydrogens is 378 g/mol. The Balaban J connectivity index is 1.22. The second kappa shape index (κ2) is 10.1. The summed E-state index contributed by atoms with van der Waals surface area (Å²) in [5.41, 5.74) is 2.64. The molecule has 1 amide bonds. The zero-order valence-electron chi connectivity index (χ0n) is 17.1. The summed E-state index contributed by atoms with van der Waals surface area (Å²) in [4.78, 5) is 16.8. The number of benzene rings is 2. The summed E-state index contributed by atoms with van der Waals surface area (Å²) in [6.07, 6.45) is 2.31. The number of carbonyl (C=O) groups is 1. The topological polar surface area (TPSA) is 86.8 Å². The molecule has 0 atom stereocenters. The number of hydrogen-bond donors (Lipinski definition) is 4. The summed E-state index contributed by atoms with van der Waals surface area (Å²) >= 11 is 0. The van der Waals surface area contributed by atoms with Gasteiger partial charge in [0.15, 0.2) is 5.96 Å². The van der Waals surface area contributed by atoms with Gasteiger partial charge in [0.2, 0.25) is 0 Å². The molecule has 4 rings (SSSR count). The number of rotatable bonds is 7. The van der Waals surface area contributed by atoms with Gasteiger partial charge in [0.25, 0.3) is 5.91 Å². The second-order valence-electron chi connectivity index (χ2n) is 7.69. The van der Waals surface area contributed by atoms with Crippen LogP contribution in [0.4, 0.5) is 5.69 Å². The molecule has 4 N–H and O–H groups in total. The molecule has 1 saturated heterocycles. The summed E-state index contributed by atoms with van der Waals surface area (Å²) in [5, 5.41) is 12.7. The van der Waals surface area contributed by atoms with Crippen LogP contribution >= 0.6 is 0 Å². The highest BCUT2D eigenvalue weighted by Crippen LogP contribution is 2.17. The first-order chi connectivity index (χ1) is 14.8. The number of piperidine rings is 1. The van der Waals surface area contributed by atoms with Crippen molar-refractivity contribution in [3.63, 3.8) is 0 Å². The summed E-state index contributed by atoms with van der Waals surface area (Å²) in [6, 6.07) is 15.3.